The number of H-pyrrole nitrogens is 1. The summed E-state index contributed by atoms with van der Waals surface area (Å²) >= 11 is 3.20. The smallest absolute Gasteiger partial charge is 0.354 e. The zero-order valence-electron chi connectivity index (χ0n) is 11.0. The summed E-state index contributed by atoms with van der Waals surface area (Å²) in [6.07, 6.45) is 1.45. The van der Waals surface area contributed by atoms with Crippen molar-refractivity contribution >= 4 is 34.2 Å². The van der Waals surface area contributed by atoms with Crippen LogP contribution in [0, 0.1) is 0 Å². The van der Waals surface area contributed by atoms with Crippen LogP contribution in [0.2, 0.25) is 0 Å². The van der Waals surface area contributed by atoms with Crippen molar-refractivity contribution in [2.45, 2.75) is 24.6 Å². The maximum Gasteiger partial charge on any atom is 0.354 e. The molecule has 0 bridgehead atoms. The van der Waals surface area contributed by atoms with Crippen molar-refractivity contribution in [2.24, 2.45) is 4.99 Å². The summed E-state index contributed by atoms with van der Waals surface area (Å²) in [5, 5.41) is 21.8. The highest BCUT2D eigenvalue weighted by molar-refractivity contribution is 9.10. The molecule has 8 nitrogen and oxygen atoms in total. The number of aromatic nitrogens is 1. The average molecular weight is 360 g/mol. The average Bonchev–Trinajstić information content (AvgIpc) is 2.86. The zero-order chi connectivity index (χ0) is 15.6. The molecule has 2 rings (SSSR count). The topological polar surface area (TPSA) is 124 Å². The van der Waals surface area contributed by atoms with Crippen molar-refractivity contribution in [3.63, 3.8) is 0 Å². The van der Waals surface area contributed by atoms with E-state index in [0.29, 0.717) is 4.47 Å². The number of hydrogen-bond acceptors (Lipinski definition) is 6. The highest BCUT2D eigenvalue weighted by Crippen LogP contribution is 2.20. The minimum Gasteiger partial charge on any atom is -0.480 e. The van der Waals surface area contributed by atoms with E-state index in [-0.39, 0.29) is 12.3 Å². The molecule has 0 unspecified atom stereocenters. The molecular weight excluding hydrogens is 346 g/mol. The number of carboxylic acid groups (broad SMARTS) is 1. The standard InChI is InChI=1S/C12H14BrN3O5/c1-12(9(17)8(10(18)19)15-5-16-12)4-21-11(20)7-2-6(13)3-14-7/h2-3,5,8-9,14,17H,4H2,1H3,(H,15,16)(H,18,19)/t8-,9+,12+/m0/s1. The van der Waals surface area contributed by atoms with E-state index >= 15 is 0 Å². The minimum absolute atomic E-state index is 0.209. The molecule has 0 aliphatic carbocycles. The molecule has 0 aromatic carbocycles. The monoisotopic (exact) mass is 359 g/mol. The van der Waals surface area contributed by atoms with Crippen molar-refractivity contribution in [3.05, 3.63) is 22.4 Å². The van der Waals surface area contributed by atoms with Crippen LogP contribution in [0.1, 0.15) is 17.4 Å². The van der Waals surface area contributed by atoms with Crippen LogP contribution in [0.4, 0.5) is 0 Å². The summed E-state index contributed by atoms with van der Waals surface area (Å²) in [6, 6.07) is 0.256. The van der Waals surface area contributed by atoms with Crippen LogP contribution in [-0.4, -0.2) is 57.8 Å². The van der Waals surface area contributed by atoms with Gasteiger partial charge in [-0.1, -0.05) is 0 Å². The number of nitrogens with one attached hydrogen (secondary N) is 2. The minimum atomic E-state index is -1.33. The summed E-state index contributed by atoms with van der Waals surface area (Å²) in [7, 11) is 0. The molecule has 4 N–H and O–H groups in total. The Labute approximate surface area is 128 Å². The number of nitrogens with zero attached hydrogens (tertiary/aromatic N) is 1. The zero-order valence-corrected chi connectivity index (χ0v) is 12.6. The lowest BCUT2D eigenvalue weighted by Crippen LogP contribution is -2.63. The van der Waals surface area contributed by atoms with Gasteiger partial charge in [0.2, 0.25) is 0 Å². The summed E-state index contributed by atoms with van der Waals surface area (Å²) in [5.41, 5.74) is -0.885. The van der Waals surface area contributed by atoms with Crippen molar-refractivity contribution in [1.82, 2.24) is 10.3 Å². The Morgan fingerprint density at radius 3 is 2.86 bits per heavy atom. The van der Waals surface area contributed by atoms with E-state index in [0.717, 1.165) is 0 Å². The van der Waals surface area contributed by atoms with Crippen LogP contribution in [0.15, 0.2) is 21.7 Å². The molecule has 3 atom stereocenters. The largest absolute Gasteiger partial charge is 0.480 e. The molecule has 0 saturated heterocycles. The number of aliphatic hydroxyl groups is 1. The molecule has 1 aromatic rings. The molecule has 21 heavy (non-hydrogen) atoms. The second-order valence-electron chi connectivity index (χ2n) is 4.88. The maximum absolute atomic E-state index is 11.8. The maximum atomic E-state index is 11.8. The van der Waals surface area contributed by atoms with Gasteiger partial charge in [0.05, 0.1) is 11.9 Å². The summed E-state index contributed by atoms with van der Waals surface area (Å²) in [4.78, 5) is 29.2. The molecule has 114 valence electrons. The number of ether oxygens (including phenoxy) is 1. The lowest BCUT2D eigenvalue weighted by molar-refractivity contribution is -0.143. The molecule has 9 heteroatoms. The van der Waals surface area contributed by atoms with Crippen LogP contribution < -0.4 is 5.32 Å². The van der Waals surface area contributed by atoms with Crippen LogP contribution in [0.3, 0.4) is 0 Å². The van der Waals surface area contributed by atoms with E-state index < -0.39 is 29.6 Å². The van der Waals surface area contributed by atoms with E-state index in [4.69, 9.17) is 9.84 Å². The van der Waals surface area contributed by atoms with Crippen LogP contribution in [-0.2, 0) is 9.53 Å². The summed E-state index contributed by atoms with van der Waals surface area (Å²) in [5.74, 6) is -1.85. The Balaban J connectivity index is 2.03. The molecular formula is C12H14BrN3O5. The number of aromatic amines is 1. The third kappa shape index (κ3) is 3.24. The fourth-order valence-electron chi connectivity index (χ4n) is 1.89. The highest BCUT2D eigenvalue weighted by Gasteiger charge is 2.44. The second kappa shape index (κ2) is 5.86. The number of rotatable bonds is 4. The first kappa shape index (κ1) is 15.5. The Morgan fingerprint density at radius 1 is 1.57 bits per heavy atom. The number of carbonyl (C=O) groups excluding carboxylic acids is 1. The van der Waals surface area contributed by atoms with Gasteiger partial charge in [0, 0.05) is 10.7 Å². The van der Waals surface area contributed by atoms with Crippen molar-refractivity contribution in [3.8, 4) is 0 Å². The fraction of sp³-hybridized carbons (Fsp3) is 0.417. The van der Waals surface area contributed by atoms with Gasteiger partial charge in [-0.05, 0) is 28.9 Å². The third-order valence-corrected chi connectivity index (χ3v) is 3.66. The molecule has 1 aliphatic rings. The van der Waals surface area contributed by atoms with E-state index in [1.54, 1.807) is 19.2 Å². The normalized spacial score (nSPS) is 28.0. The van der Waals surface area contributed by atoms with E-state index in [1.807, 2.05) is 0 Å². The molecule has 0 saturated carbocycles. The Bertz CT molecular complexity index is 587. The highest BCUT2D eigenvalue weighted by atomic mass is 79.9. The molecule has 0 radical (unpaired) electrons. The number of aliphatic carboxylic acids is 1. The number of aliphatic imine (C=N–C) groups is 1. The lowest BCUT2D eigenvalue weighted by atomic mass is 9.89. The number of aliphatic hydroxyl groups excluding tert-OH is 1. The third-order valence-electron chi connectivity index (χ3n) is 3.21. The SMILES string of the molecule is C[C@]1(COC(=O)c2cc(Br)c[nH]2)NC=N[C@H](C(=O)O)[C@H]1O. The molecule has 1 aromatic heterocycles. The van der Waals surface area contributed by atoms with E-state index in [1.165, 1.54) is 6.34 Å². The Hall–Kier alpha value is -1.87. The van der Waals surface area contributed by atoms with Gasteiger partial charge in [-0.25, -0.2) is 9.59 Å². The van der Waals surface area contributed by atoms with Gasteiger partial charge in [-0.3, -0.25) is 4.99 Å². The number of carbonyl (C=O) groups is 2. The van der Waals surface area contributed by atoms with E-state index in [2.05, 4.69) is 31.2 Å². The first-order valence-corrected chi connectivity index (χ1v) is 6.84. The molecule has 0 amide bonds. The van der Waals surface area contributed by atoms with Crippen molar-refractivity contribution in [2.75, 3.05) is 6.61 Å². The first-order valence-electron chi connectivity index (χ1n) is 6.05. The second-order valence-corrected chi connectivity index (χ2v) is 5.79. The number of halogens is 1. The Morgan fingerprint density at radius 2 is 2.29 bits per heavy atom. The summed E-state index contributed by atoms with van der Waals surface area (Å²) in [6.45, 7) is 1.34. The molecule has 0 fully saturated rings. The lowest BCUT2D eigenvalue weighted by Gasteiger charge is -2.38. The predicted molar refractivity (Wildman–Crippen MR) is 76.2 cm³/mol. The predicted octanol–water partition coefficient (Wildman–Crippen LogP) is 0.138. The Kier molecular flexibility index (Phi) is 4.33. The quantitative estimate of drug-likeness (QED) is 0.566. The molecule has 2 heterocycles. The number of carboxylic acids is 1. The molecule has 0 spiro atoms. The van der Waals surface area contributed by atoms with Crippen molar-refractivity contribution < 1.29 is 24.5 Å². The van der Waals surface area contributed by atoms with Gasteiger partial charge in [0.25, 0.3) is 0 Å². The van der Waals surface area contributed by atoms with Gasteiger partial charge in [-0.15, -0.1) is 0 Å². The molecule has 1 aliphatic heterocycles. The fourth-order valence-corrected chi connectivity index (χ4v) is 2.23. The number of hydrogen-bond donors (Lipinski definition) is 4. The van der Waals surface area contributed by atoms with Gasteiger partial charge >= 0.3 is 11.9 Å². The first-order chi connectivity index (χ1) is 9.83. The summed E-state index contributed by atoms with van der Waals surface area (Å²) < 4.78 is 5.82. The van der Waals surface area contributed by atoms with Gasteiger partial charge < -0.3 is 25.3 Å². The van der Waals surface area contributed by atoms with Gasteiger partial charge in [0.15, 0.2) is 6.04 Å². The van der Waals surface area contributed by atoms with Gasteiger partial charge in [-0.2, -0.15) is 0 Å². The van der Waals surface area contributed by atoms with Crippen LogP contribution >= 0.6 is 15.9 Å². The number of esters is 1. The van der Waals surface area contributed by atoms with Crippen LogP contribution in [0.5, 0.6) is 0 Å². The van der Waals surface area contributed by atoms with Crippen molar-refractivity contribution in [1.29, 1.82) is 0 Å². The van der Waals surface area contributed by atoms with Gasteiger partial charge in [0.1, 0.15) is 18.4 Å². The van der Waals surface area contributed by atoms with E-state index in [9.17, 15) is 14.7 Å². The van der Waals surface area contributed by atoms with Crippen LogP contribution in [0.25, 0.3) is 0 Å².